The molecule has 0 radical (unpaired) electrons. The molecule has 1 aliphatic rings. The maximum atomic E-state index is 12.4. The highest BCUT2D eigenvalue weighted by atomic mass is 35.5. The van der Waals surface area contributed by atoms with Crippen LogP contribution in [0.5, 0.6) is 0 Å². The molecular weight excluding hydrogens is 350 g/mol. The number of rotatable bonds is 2. The molecule has 0 bridgehead atoms. The summed E-state index contributed by atoms with van der Waals surface area (Å²) in [6.07, 6.45) is 0. The van der Waals surface area contributed by atoms with Crippen LogP contribution in [0, 0.1) is 13.8 Å². The summed E-state index contributed by atoms with van der Waals surface area (Å²) in [6.45, 7) is 6.64. The van der Waals surface area contributed by atoms with E-state index in [9.17, 15) is 9.59 Å². The first-order chi connectivity index (χ1) is 12.5. The SMILES string of the molecule is Cc1cccc(N2CCN(C(=O)C(=O)Nc3ccccc3Cl)CC2)c1C. The van der Waals surface area contributed by atoms with Crippen LogP contribution in [-0.2, 0) is 9.59 Å². The minimum absolute atomic E-state index is 0.411. The van der Waals surface area contributed by atoms with Crippen molar-refractivity contribution >= 4 is 34.8 Å². The summed E-state index contributed by atoms with van der Waals surface area (Å²) in [7, 11) is 0. The Morgan fingerprint density at radius 3 is 2.35 bits per heavy atom. The molecular formula is C20H22ClN3O2. The first-order valence-corrected chi connectivity index (χ1v) is 9.01. The number of anilines is 2. The van der Waals surface area contributed by atoms with Crippen molar-refractivity contribution in [1.82, 2.24) is 4.90 Å². The Hall–Kier alpha value is -2.53. The quantitative estimate of drug-likeness (QED) is 0.824. The molecule has 0 saturated carbocycles. The molecule has 1 saturated heterocycles. The first kappa shape index (κ1) is 18.3. The van der Waals surface area contributed by atoms with Gasteiger partial charge in [0, 0.05) is 31.9 Å². The molecule has 2 aromatic rings. The molecule has 26 heavy (non-hydrogen) atoms. The van der Waals surface area contributed by atoms with Gasteiger partial charge in [-0.15, -0.1) is 0 Å². The zero-order valence-electron chi connectivity index (χ0n) is 15.0. The van der Waals surface area contributed by atoms with Gasteiger partial charge in [-0.1, -0.05) is 35.9 Å². The minimum atomic E-state index is -0.654. The molecule has 2 amide bonds. The van der Waals surface area contributed by atoms with Gasteiger partial charge in [0.25, 0.3) is 0 Å². The van der Waals surface area contributed by atoms with Gasteiger partial charge in [0.2, 0.25) is 0 Å². The van der Waals surface area contributed by atoms with E-state index in [1.54, 1.807) is 29.2 Å². The van der Waals surface area contributed by atoms with Gasteiger partial charge >= 0.3 is 11.8 Å². The zero-order valence-corrected chi connectivity index (χ0v) is 15.7. The van der Waals surface area contributed by atoms with Crippen molar-refractivity contribution in [1.29, 1.82) is 0 Å². The average molecular weight is 372 g/mol. The van der Waals surface area contributed by atoms with Crippen molar-refractivity contribution < 1.29 is 9.59 Å². The van der Waals surface area contributed by atoms with Crippen LogP contribution in [0.1, 0.15) is 11.1 Å². The van der Waals surface area contributed by atoms with E-state index >= 15 is 0 Å². The monoisotopic (exact) mass is 371 g/mol. The van der Waals surface area contributed by atoms with Gasteiger partial charge in [-0.05, 0) is 43.2 Å². The molecule has 0 atom stereocenters. The summed E-state index contributed by atoms with van der Waals surface area (Å²) in [6, 6.07) is 13.1. The van der Waals surface area contributed by atoms with E-state index < -0.39 is 11.8 Å². The molecule has 1 fully saturated rings. The average Bonchev–Trinajstić information content (AvgIpc) is 2.65. The van der Waals surface area contributed by atoms with Crippen LogP contribution >= 0.6 is 11.6 Å². The summed E-state index contributed by atoms with van der Waals surface area (Å²) in [4.78, 5) is 28.5. The maximum absolute atomic E-state index is 12.4. The van der Waals surface area contributed by atoms with Crippen molar-refractivity contribution in [2.45, 2.75) is 13.8 Å². The molecule has 1 heterocycles. The second-order valence-corrected chi connectivity index (χ2v) is 6.84. The van der Waals surface area contributed by atoms with Crippen LogP contribution in [0.25, 0.3) is 0 Å². The molecule has 3 rings (SSSR count). The van der Waals surface area contributed by atoms with E-state index in [0.717, 1.165) is 0 Å². The molecule has 0 aliphatic carbocycles. The lowest BCUT2D eigenvalue weighted by Crippen LogP contribution is -2.51. The van der Waals surface area contributed by atoms with Crippen molar-refractivity contribution in [3.05, 3.63) is 58.6 Å². The highest BCUT2D eigenvalue weighted by Crippen LogP contribution is 2.24. The summed E-state index contributed by atoms with van der Waals surface area (Å²) < 4.78 is 0. The topological polar surface area (TPSA) is 52.7 Å². The van der Waals surface area contributed by atoms with Crippen LogP contribution in [0.3, 0.4) is 0 Å². The summed E-state index contributed by atoms with van der Waals surface area (Å²) >= 11 is 6.03. The number of carbonyl (C=O) groups excluding carboxylic acids is 2. The molecule has 6 heteroatoms. The van der Waals surface area contributed by atoms with E-state index in [-0.39, 0.29) is 0 Å². The highest BCUT2D eigenvalue weighted by molar-refractivity contribution is 6.41. The third-order valence-corrected chi connectivity index (χ3v) is 5.13. The number of hydrogen-bond acceptors (Lipinski definition) is 3. The fraction of sp³-hybridized carbons (Fsp3) is 0.300. The molecule has 1 N–H and O–H groups in total. The minimum Gasteiger partial charge on any atom is -0.368 e. The summed E-state index contributed by atoms with van der Waals surface area (Å²) in [5.41, 5.74) is 4.14. The van der Waals surface area contributed by atoms with Crippen LogP contribution in [0.15, 0.2) is 42.5 Å². The zero-order chi connectivity index (χ0) is 18.7. The molecule has 0 aromatic heterocycles. The Morgan fingerprint density at radius 2 is 1.65 bits per heavy atom. The fourth-order valence-corrected chi connectivity index (χ4v) is 3.29. The Kier molecular flexibility index (Phi) is 5.47. The predicted molar refractivity (Wildman–Crippen MR) is 105 cm³/mol. The normalized spacial score (nSPS) is 14.3. The molecule has 2 aromatic carbocycles. The van der Waals surface area contributed by atoms with E-state index in [0.29, 0.717) is 36.9 Å². The summed E-state index contributed by atoms with van der Waals surface area (Å²) in [5.74, 6) is -1.18. The highest BCUT2D eigenvalue weighted by Gasteiger charge is 2.27. The van der Waals surface area contributed by atoms with E-state index in [2.05, 4.69) is 36.2 Å². The number of benzene rings is 2. The third kappa shape index (κ3) is 3.83. The maximum Gasteiger partial charge on any atom is 0.313 e. The van der Waals surface area contributed by atoms with E-state index in [1.165, 1.54) is 16.8 Å². The molecule has 5 nitrogen and oxygen atoms in total. The standard InChI is InChI=1S/C20H22ClN3O2/c1-14-6-5-9-18(15(14)2)23-10-12-24(13-11-23)20(26)19(25)22-17-8-4-3-7-16(17)21/h3-9H,10-13H2,1-2H3,(H,22,25). The van der Waals surface area contributed by atoms with Crippen LogP contribution in [0.2, 0.25) is 5.02 Å². The Labute approximate surface area is 158 Å². The predicted octanol–water partition coefficient (Wildman–Crippen LogP) is 3.24. The van der Waals surface area contributed by atoms with Gasteiger partial charge in [-0.2, -0.15) is 0 Å². The Balaban J connectivity index is 1.60. The van der Waals surface area contributed by atoms with E-state index in [4.69, 9.17) is 11.6 Å². The second kappa shape index (κ2) is 7.79. The smallest absolute Gasteiger partial charge is 0.313 e. The second-order valence-electron chi connectivity index (χ2n) is 6.43. The fourth-order valence-electron chi connectivity index (χ4n) is 3.11. The summed E-state index contributed by atoms with van der Waals surface area (Å²) in [5, 5.41) is 3.00. The number of piperazine rings is 1. The van der Waals surface area contributed by atoms with Gasteiger partial charge in [-0.3, -0.25) is 9.59 Å². The number of nitrogens with zero attached hydrogens (tertiary/aromatic N) is 2. The molecule has 0 unspecified atom stereocenters. The third-order valence-electron chi connectivity index (χ3n) is 4.80. The number of nitrogens with one attached hydrogen (secondary N) is 1. The number of carbonyl (C=O) groups is 2. The van der Waals surface area contributed by atoms with Gasteiger partial charge in [0.1, 0.15) is 0 Å². The number of hydrogen-bond donors (Lipinski definition) is 1. The van der Waals surface area contributed by atoms with E-state index in [1.807, 2.05) is 6.07 Å². The van der Waals surface area contributed by atoms with Crippen molar-refractivity contribution in [3.63, 3.8) is 0 Å². The lowest BCUT2D eigenvalue weighted by atomic mass is 10.1. The number of amides is 2. The van der Waals surface area contributed by atoms with Crippen molar-refractivity contribution in [2.75, 3.05) is 36.4 Å². The lowest BCUT2D eigenvalue weighted by Gasteiger charge is -2.36. The van der Waals surface area contributed by atoms with Crippen LogP contribution in [-0.4, -0.2) is 42.9 Å². The van der Waals surface area contributed by atoms with Gasteiger partial charge in [0.05, 0.1) is 10.7 Å². The van der Waals surface area contributed by atoms with Crippen LogP contribution in [0.4, 0.5) is 11.4 Å². The molecule has 1 aliphatic heterocycles. The molecule has 136 valence electrons. The van der Waals surface area contributed by atoms with Crippen LogP contribution < -0.4 is 10.2 Å². The number of para-hydroxylation sites is 1. The van der Waals surface area contributed by atoms with Crippen molar-refractivity contribution in [2.24, 2.45) is 0 Å². The number of halogens is 1. The van der Waals surface area contributed by atoms with Crippen molar-refractivity contribution in [3.8, 4) is 0 Å². The Bertz CT molecular complexity index is 830. The largest absolute Gasteiger partial charge is 0.368 e. The lowest BCUT2D eigenvalue weighted by molar-refractivity contribution is -0.143. The Morgan fingerprint density at radius 1 is 0.962 bits per heavy atom. The van der Waals surface area contributed by atoms with Gasteiger partial charge < -0.3 is 15.1 Å². The first-order valence-electron chi connectivity index (χ1n) is 8.63. The molecule has 0 spiro atoms. The van der Waals surface area contributed by atoms with Gasteiger partial charge in [0.15, 0.2) is 0 Å². The van der Waals surface area contributed by atoms with Gasteiger partial charge in [-0.25, -0.2) is 0 Å². The number of aryl methyl sites for hydroxylation is 1.